The number of rotatable bonds is 5. The molecule has 0 atom stereocenters. The number of nitrogens with zero attached hydrogens (tertiary/aromatic N) is 1. The van der Waals surface area contributed by atoms with E-state index in [1.807, 2.05) is 61.5 Å². The first-order chi connectivity index (χ1) is 12.1. The molecule has 4 nitrogen and oxygen atoms in total. The summed E-state index contributed by atoms with van der Waals surface area (Å²) in [5.74, 6) is -0.228. The van der Waals surface area contributed by atoms with E-state index in [4.69, 9.17) is 0 Å². The van der Waals surface area contributed by atoms with Gasteiger partial charge in [0.05, 0.1) is 5.69 Å². The second-order valence-corrected chi connectivity index (χ2v) is 6.75. The van der Waals surface area contributed by atoms with Crippen molar-refractivity contribution in [1.82, 2.24) is 4.57 Å². The number of para-hydroxylation sites is 1. The van der Waals surface area contributed by atoms with Crippen molar-refractivity contribution in [3.8, 4) is 0 Å². The molecule has 3 aromatic rings. The summed E-state index contributed by atoms with van der Waals surface area (Å²) in [5, 5.41) is 2.91. The molecular weight excluding hydrogens is 332 g/mol. The van der Waals surface area contributed by atoms with Gasteiger partial charge in [0.25, 0.3) is 5.56 Å². The van der Waals surface area contributed by atoms with E-state index in [-0.39, 0.29) is 18.0 Å². The zero-order valence-electron chi connectivity index (χ0n) is 13.8. The van der Waals surface area contributed by atoms with Gasteiger partial charge in [-0.2, -0.15) is 0 Å². The zero-order valence-corrected chi connectivity index (χ0v) is 14.6. The number of nitrogens with one attached hydrogen (secondary N) is 1. The van der Waals surface area contributed by atoms with Crippen LogP contribution < -0.4 is 10.9 Å². The quantitative estimate of drug-likeness (QED) is 0.758. The lowest BCUT2D eigenvalue weighted by Crippen LogP contribution is -2.27. The normalized spacial score (nSPS) is 10.4. The molecule has 2 aromatic carbocycles. The van der Waals surface area contributed by atoms with E-state index in [0.717, 1.165) is 21.0 Å². The van der Waals surface area contributed by atoms with Crippen molar-refractivity contribution < 1.29 is 4.79 Å². The number of aryl methyl sites for hydroxylation is 1. The van der Waals surface area contributed by atoms with Gasteiger partial charge >= 0.3 is 0 Å². The van der Waals surface area contributed by atoms with E-state index >= 15 is 0 Å². The Morgan fingerprint density at radius 2 is 1.72 bits per heavy atom. The third-order valence-electron chi connectivity index (χ3n) is 3.58. The standard InChI is InChI=1S/C20H18N2O2S/c1-15-11-12-20(24)22(13-15)14-19(23)21-17-9-5-6-10-18(17)25-16-7-3-2-4-8-16/h2-13H,14H2,1H3,(H,21,23). The minimum absolute atomic E-state index is 0.00908. The largest absolute Gasteiger partial charge is 0.324 e. The molecule has 1 N–H and O–H groups in total. The first-order valence-corrected chi connectivity index (χ1v) is 8.72. The van der Waals surface area contributed by atoms with Crippen molar-refractivity contribution in [2.24, 2.45) is 0 Å². The van der Waals surface area contributed by atoms with Gasteiger partial charge < -0.3 is 9.88 Å². The molecule has 126 valence electrons. The predicted octanol–water partition coefficient (Wildman–Crippen LogP) is 3.95. The van der Waals surface area contributed by atoms with Crippen molar-refractivity contribution >= 4 is 23.4 Å². The Labute approximate surface area is 150 Å². The average Bonchev–Trinajstić information content (AvgIpc) is 2.61. The van der Waals surface area contributed by atoms with Gasteiger partial charge in [-0.25, -0.2) is 0 Å². The van der Waals surface area contributed by atoms with Gasteiger partial charge in [0.2, 0.25) is 5.91 Å². The monoisotopic (exact) mass is 350 g/mol. The van der Waals surface area contributed by atoms with E-state index < -0.39 is 0 Å². The van der Waals surface area contributed by atoms with Crippen LogP contribution in [0.1, 0.15) is 5.56 Å². The van der Waals surface area contributed by atoms with Crippen LogP contribution in [0.2, 0.25) is 0 Å². The molecule has 25 heavy (non-hydrogen) atoms. The Morgan fingerprint density at radius 3 is 2.52 bits per heavy atom. The molecule has 0 aliphatic carbocycles. The third kappa shape index (κ3) is 4.61. The Morgan fingerprint density at radius 1 is 1.00 bits per heavy atom. The molecule has 0 aliphatic rings. The van der Waals surface area contributed by atoms with Crippen molar-refractivity contribution in [2.45, 2.75) is 23.3 Å². The number of hydrogen-bond donors (Lipinski definition) is 1. The summed E-state index contributed by atoms with van der Waals surface area (Å²) in [4.78, 5) is 26.3. The van der Waals surface area contributed by atoms with Crippen LogP contribution in [-0.2, 0) is 11.3 Å². The van der Waals surface area contributed by atoms with Gasteiger partial charge in [0.15, 0.2) is 0 Å². The Bertz CT molecular complexity index is 936. The van der Waals surface area contributed by atoms with Crippen LogP contribution in [0.3, 0.4) is 0 Å². The fraction of sp³-hybridized carbons (Fsp3) is 0.100. The van der Waals surface area contributed by atoms with Crippen molar-refractivity contribution in [3.63, 3.8) is 0 Å². The number of carbonyl (C=O) groups excluding carboxylic acids is 1. The lowest BCUT2D eigenvalue weighted by atomic mass is 10.3. The molecule has 1 amide bonds. The third-order valence-corrected chi connectivity index (χ3v) is 4.66. The highest BCUT2D eigenvalue weighted by Gasteiger charge is 2.09. The summed E-state index contributed by atoms with van der Waals surface area (Å²) in [6.45, 7) is 1.88. The maximum atomic E-state index is 12.4. The summed E-state index contributed by atoms with van der Waals surface area (Å²) in [7, 11) is 0. The van der Waals surface area contributed by atoms with E-state index in [0.29, 0.717) is 0 Å². The molecule has 0 spiro atoms. The molecule has 0 saturated carbocycles. The van der Waals surface area contributed by atoms with E-state index in [9.17, 15) is 9.59 Å². The van der Waals surface area contributed by atoms with Crippen LogP contribution in [0, 0.1) is 6.92 Å². The second kappa shape index (κ2) is 7.85. The molecule has 3 rings (SSSR count). The van der Waals surface area contributed by atoms with Crippen LogP contribution in [0.25, 0.3) is 0 Å². The fourth-order valence-corrected chi connectivity index (χ4v) is 3.32. The summed E-state index contributed by atoms with van der Waals surface area (Å²) >= 11 is 1.58. The number of aromatic nitrogens is 1. The molecule has 5 heteroatoms. The lowest BCUT2D eigenvalue weighted by molar-refractivity contribution is -0.116. The minimum atomic E-state index is -0.228. The van der Waals surface area contributed by atoms with Crippen molar-refractivity contribution in [2.75, 3.05) is 5.32 Å². The zero-order chi connectivity index (χ0) is 17.6. The topological polar surface area (TPSA) is 51.1 Å². The Balaban J connectivity index is 1.75. The lowest BCUT2D eigenvalue weighted by Gasteiger charge is -2.12. The van der Waals surface area contributed by atoms with Gasteiger partial charge in [-0.1, -0.05) is 48.2 Å². The molecule has 1 heterocycles. The van der Waals surface area contributed by atoms with Gasteiger partial charge in [0.1, 0.15) is 6.54 Å². The van der Waals surface area contributed by atoms with Crippen LogP contribution in [0.15, 0.2) is 87.5 Å². The van der Waals surface area contributed by atoms with Gasteiger partial charge in [-0.15, -0.1) is 0 Å². The van der Waals surface area contributed by atoms with Gasteiger partial charge in [-0.3, -0.25) is 9.59 Å². The number of hydrogen-bond acceptors (Lipinski definition) is 3. The average molecular weight is 350 g/mol. The molecular formula is C20H18N2O2S. The van der Waals surface area contributed by atoms with Gasteiger partial charge in [-0.05, 0) is 36.8 Å². The highest BCUT2D eigenvalue weighted by molar-refractivity contribution is 7.99. The number of carbonyl (C=O) groups is 1. The predicted molar refractivity (Wildman–Crippen MR) is 101 cm³/mol. The molecule has 0 saturated heterocycles. The summed E-state index contributed by atoms with van der Waals surface area (Å²) in [6, 6.07) is 20.8. The summed E-state index contributed by atoms with van der Waals surface area (Å²) < 4.78 is 1.41. The minimum Gasteiger partial charge on any atom is -0.324 e. The number of amides is 1. The van der Waals surface area contributed by atoms with Crippen LogP contribution in [0.4, 0.5) is 5.69 Å². The molecule has 0 aliphatic heterocycles. The highest BCUT2D eigenvalue weighted by Crippen LogP contribution is 2.33. The van der Waals surface area contributed by atoms with Crippen LogP contribution in [0.5, 0.6) is 0 Å². The SMILES string of the molecule is Cc1ccc(=O)n(CC(=O)Nc2ccccc2Sc2ccccc2)c1. The smallest absolute Gasteiger partial charge is 0.251 e. The summed E-state index contributed by atoms with van der Waals surface area (Å²) in [5.41, 5.74) is 1.49. The van der Waals surface area contributed by atoms with E-state index in [2.05, 4.69) is 5.32 Å². The first kappa shape index (κ1) is 17.0. The molecule has 0 bridgehead atoms. The molecule has 0 radical (unpaired) electrons. The van der Waals surface area contributed by atoms with Crippen molar-refractivity contribution in [1.29, 1.82) is 0 Å². The molecule has 0 fully saturated rings. The Kier molecular flexibility index (Phi) is 5.36. The molecule has 0 unspecified atom stereocenters. The Hall–Kier alpha value is -2.79. The number of benzene rings is 2. The molecule has 1 aromatic heterocycles. The van der Waals surface area contributed by atoms with Gasteiger partial charge in [0, 0.05) is 22.1 Å². The first-order valence-electron chi connectivity index (χ1n) is 7.91. The van der Waals surface area contributed by atoms with Crippen molar-refractivity contribution in [3.05, 3.63) is 88.8 Å². The fourth-order valence-electron chi connectivity index (χ4n) is 2.39. The summed E-state index contributed by atoms with van der Waals surface area (Å²) in [6.07, 6.45) is 1.69. The maximum Gasteiger partial charge on any atom is 0.251 e. The van der Waals surface area contributed by atoms with E-state index in [1.165, 1.54) is 10.6 Å². The van der Waals surface area contributed by atoms with E-state index in [1.54, 1.807) is 24.0 Å². The van der Waals surface area contributed by atoms with Crippen LogP contribution in [-0.4, -0.2) is 10.5 Å². The number of pyridine rings is 1. The van der Waals surface area contributed by atoms with Crippen LogP contribution >= 0.6 is 11.8 Å². The highest BCUT2D eigenvalue weighted by atomic mass is 32.2. The maximum absolute atomic E-state index is 12.4. The second-order valence-electron chi connectivity index (χ2n) is 5.63. The number of anilines is 1.